The Labute approximate surface area is 93.5 Å². The summed E-state index contributed by atoms with van der Waals surface area (Å²) in [5.41, 5.74) is 6.88. The fraction of sp³-hybridized carbons (Fsp3) is 0.182. The molecule has 2 aromatic rings. The highest BCUT2D eigenvalue weighted by molar-refractivity contribution is 6.30. The van der Waals surface area contributed by atoms with Crippen LogP contribution >= 0.6 is 11.6 Å². The van der Waals surface area contributed by atoms with Crippen LogP contribution in [0.5, 0.6) is 0 Å². The first-order valence-electron chi connectivity index (χ1n) is 4.73. The summed E-state index contributed by atoms with van der Waals surface area (Å²) in [6, 6.07) is 9.59. The minimum absolute atomic E-state index is 0.0960. The van der Waals surface area contributed by atoms with E-state index in [1.165, 1.54) is 0 Å². The summed E-state index contributed by atoms with van der Waals surface area (Å²) in [6.45, 7) is 2.04. The lowest BCUT2D eigenvalue weighted by molar-refractivity contribution is 0.573. The molecule has 78 valence electrons. The van der Waals surface area contributed by atoms with Gasteiger partial charge in [0.15, 0.2) is 0 Å². The van der Waals surface area contributed by atoms with Gasteiger partial charge in [-0.15, -0.1) is 0 Å². The van der Waals surface area contributed by atoms with Gasteiger partial charge in [0.25, 0.3) is 0 Å². The quantitative estimate of drug-likeness (QED) is 0.848. The number of hydrogen-bond donors (Lipinski definition) is 1. The van der Waals surface area contributed by atoms with Crippen molar-refractivity contribution < 1.29 is 0 Å². The van der Waals surface area contributed by atoms with Crippen molar-refractivity contribution in [1.82, 2.24) is 9.78 Å². The van der Waals surface area contributed by atoms with Gasteiger partial charge in [-0.2, -0.15) is 5.10 Å². The lowest BCUT2D eigenvalue weighted by Crippen LogP contribution is -2.11. The van der Waals surface area contributed by atoms with E-state index in [1.54, 1.807) is 16.9 Å². The molecule has 2 rings (SSSR count). The number of halogens is 1. The van der Waals surface area contributed by atoms with Gasteiger partial charge in [-0.05, 0) is 30.7 Å². The molecule has 0 radical (unpaired) electrons. The Morgan fingerprint density at radius 3 is 2.80 bits per heavy atom. The molecule has 1 aromatic carbocycles. The molecule has 1 heterocycles. The Morgan fingerprint density at radius 2 is 2.20 bits per heavy atom. The largest absolute Gasteiger partial charge is 0.384 e. The highest BCUT2D eigenvalue weighted by Crippen LogP contribution is 2.22. The van der Waals surface area contributed by atoms with E-state index >= 15 is 0 Å². The van der Waals surface area contributed by atoms with Crippen molar-refractivity contribution in [1.29, 1.82) is 0 Å². The van der Waals surface area contributed by atoms with Crippen LogP contribution in [0.3, 0.4) is 0 Å². The van der Waals surface area contributed by atoms with Crippen molar-refractivity contribution in [2.45, 2.75) is 13.0 Å². The van der Waals surface area contributed by atoms with Gasteiger partial charge >= 0.3 is 0 Å². The molecule has 0 aliphatic heterocycles. The van der Waals surface area contributed by atoms with Gasteiger partial charge in [0, 0.05) is 5.02 Å². The van der Waals surface area contributed by atoms with Crippen LogP contribution in [0.15, 0.2) is 36.5 Å². The van der Waals surface area contributed by atoms with Crippen LogP contribution in [0.25, 0.3) is 0 Å². The maximum absolute atomic E-state index is 5.93. The Morgan fingerprint density at radius 1 is 1.40 bits per heavy atom. The summed E-state index contributed by atoms with van der Waals surface area (Å²) in [6.07, 6.45) is 1.69. The minimum Gasteiger partial charge on any atom is -0.384 e. The van der Waals surface area contributed by atoms with Gasteiger partial charge in [-0.3, -0.25) is 0 Å². The van der Waals surface area contributed by atoms with Gasteiger partial charge in [-0.1, -0.05) is 23.7 Å². The van der Waals surface area contributed by atoms with Crippen LogP contribution in [0.4, 0.5) is 5.82 Å². The predicted molar refractivity (Wildman–Crippen MR) is 61.9 cm³/mol. The van der Waals surface area contributed by atoms with Gasteiger partial charge in [0.05, 0.1) is 12.2 Å². The van der Waals surface area contributed by atoms with Gasteiger partial charge in [-0.25, -0.2) is 4.68 Å². The van der Waals surface area contributed by atoms with Gasteiger partial charge < -0.3 is 5.73 Å². The van der Waals surface area contributed by atoms with Crippen LogP contribution in [0, 0.1) is 0 Å². The van der Waals surface area contributed by atoms with E-state index in [9.17, 15) is 0 Å². The fourth-order valence-electron chi connectivity index (χ4n) is 1.56. The molecule has 1 unspecified atom stereocenters. The highest BCUT2D eigenvalue weighted by Gasteiger charge is 2.10. The van der Waals surface area contributed by atoms with Crippen molar-refractivity contribution in [2.75, 3.05) is 5.73 Å². The zero-order chi connectivity index (χ0) is 10.8. The molecule has 0 amide bonds. The van der Waals surface area contributed by atoms with Crippen LogP contribution in [-0.4, -0.2) is 9.78 Å². The first-order chi connectivity index (χ1) is 7.18. The monoisotopic (exact) mass is 221 g/mol. The molecule has 0 fully saturated rings. The Hall–Kier alpha value is -1.48. The standard InChI is InChI=1S/C11H12ClN3/c1-8(15-11(13)5-6-14-15)9-3-2-4-10(12)7-9/h2-8H,13H2,1H3. The molecule has 0 bridgehead atoms. The van der Waals surface area contributed by atoms with E-state index in [2.05, 4.69) is 5.10 Å². The molecule has 0 aliphatic carbocycles. The van der Waals surface area contributed by atoms with Crippen LogP contribution in [-0.2, 0) is 0 Å². The van der Waals surface area contributed by atoms with Crippen LogP contribution in [0.1, 0.15) is 18.5 Å². The zero-order valence-electron chi connectivity index (χ0n) is 8.39. The van der Waals surface area contributed by atoms with Crippen molar-refractivity contribution in [2.24, 2.45) is 0 Å². The summed E-state index contributed by atoms with van der Waals surface area (Å²) in [5, 5.41) is 4.90. The van der Waals surface area contributed by atoms with E-state index < -0.39 is 0 Å². The summed E-state index contributed by atoms with van der Waals surface area (Å²) in [7, 11) is 0. The average molecular weight is 222 g/mol. The number of aromatic nitrogens is 2. The Bertz CT molecular complexity index is 464. The van der Waals surface area contributed by atoms with Crippen LogP contribution in [0.2, 0.25) is 5.02 Å². The SMILES string of the molecule is CC(c1cccc(Cl)c1)n1nccc1N. The Kier molecular flexibility index (Phi) is 2.64. The second kappa shape index (κ2) is 3.95. The molecule has 4 heteroatoms. The van der Waals surface area contributed by atoms with Crippen LogP contribution < -0.4 is 5.73 Å². The molecule has 0 saturated heterocycles. The third-order valence-corrected chi connectivity index (χ3v) is 2.63. The molecule has 15 heavy (non-hydrogen) atoms. The second-order valence-corrected chi connectivity index (χ2v) is 3.87. The molecular formula is C11H12ClN3. The summed E-state index contributed by atoms with van der Waals surface area (Å²) in [5.74, 6) is 0.655. The number of nitrogens with two attached hydrogens (primary N) is 1. The molecule has 0 aliphatic rings. The number of benzene rings is 1. The van der Waals surface area contributed by atoms with E-state index in [0.29, 0.717) is 5.82 Å². The highest BCUT2D eigenvalue weighted by atomic mass is 35.5. The third kappa shape index (κ3) is 1.97. The van der Waals surface area contributed by atoms with E-state index in [0.717, 1.165) is 10.6 Å². The maximum Gasteiger partial charge on any atom is 0.122 e. The maximum atomic E-state index is 5.93. The van der Waals surface area contributed by atoms with Gasteiger partial charge in [0.2, 0.25) is 0 Å². The molecular weight excluding hydrogens is 210 g/mol. The lowest BCUT2D eigenvalue weighted by atomic mass is 10.1. The molecule has 3 nitrogen and oxygen atoms in total. The van der Waals surface area contributed by atoms with Crippen molar-refractivity contribution in [3.05, 3.63) is 47.1 Å². The smallest absolute Gasteiger partial charge is 0.122 e. The van der Waals surface area contributed by atoms with E-state index in [4.69, 9.17) is 17.3 Å². The molecule has 1 aromatic heterocycles. The normalized spacial score (nSPS) is 12.7. The first kappa shape index (κ1) is 10.1. The van der Waals surface area contributed by atoms with E-state index in [1.807, 2.05) is 31.2 Å². The minimum atomic E-state index is 0.0960. The number of anilines is 1. The zero-order valence-corrected chi connectivity index (χ0v) is 9.15. The number of rotatable bonds is 2. The van der Waals surface area contributed by atoms with Crippen molar-refractivity contribution in [3.8, 4) is 0 Å². The predicted octanol–water partition coefficient (Wildman–Crippen LogP) is 2.73. The third-order valence-electron chi connectivity index (χ3n) is 2.40. The topological polar surface area (TPSA) is 43.8 Å². The average Bonchev–Trinajstić information content (AvgIpc) is 2.63. The molecule has 1 atom stereocenters. The fourth-order valence-corrected chi connectivity index (χ4v) is 1.75. The second-order valence-electron chi connectivity index (χ2n) is 3.43. The molecule has 0 spiro atoms. The Balaban J connectivity index is 2.36. The number of nitrogens with zero attached hydrogens (tertiary/aromatic N) is 2. The van der Waals surface area contributed by atoms with Gasteiger partial charge in [0.1, 0.15) is 5.82 Å². The summed E-state index contributed by atoms with van der Waals surface area (Å²) >= 11 is 5.93. The molecule has 0 saturated carbocycles. The lowest BCUT2D eigenvalue weighted by Gasteiger charge is -2.14. The molecule has 2 N–H and O–H groups in total. The summed E-state index contributed by atoms with van der Waals surface area (Å²) < 4.78 is 1.77. The first-order valence-corrected chi connectivity index (χ1v) is 5.11. The van der Waals surface area contributed by atoms with Crippen molar-refractivity contribution in [3.63, 3.8) is 0 Å². The number of hydrogen-bond acceptors (Lipinski definition) is 2. The van der Waals surface area contributed by atoms with E-state index in [-0.39, 0.29) is 6.04 Å². The van der Waals surface area contributed by atoms with Crippen molar-refractivity contribution >= 4 is 17.4 Å². The number of nitrogen functional groups attached to an aromatic ring is 1. The summed E-state index contributed by atoms with van der Waals surface area (Å²) in [4.78, 5) is 0.